The number of nitriles is 1. The van der Waals surface area contributed by atoms with E-state index in [4.69, 9.17) is 0 Å². The number of carbonyl (C=O) groups is 1. The molecule has 3 rings (SSSR count). The second kappa shape index (κ2) is 8.04. The van der Waals surface area contributed by atoms with Crippen LogP contribution in [0.25, 0.3) is 6.08 Å². The Balaban J connectivity index is 1.71. The van der Waals surface area contributed by atoms with Gasteiger partial charge in [-0.3, -0.25) is 4.79 Å². The van der Waals surface area contributed by atoms with Crippen molar-refractivity contribution < 1.29 is 9.18 Å². The maximum atomic E-state index is 12.9. The minimum atomic E-state index is -0.512. The molecule has 25 heavy (non-hydrogen) atoms. The van der Waals surface area contributed by atoms with Gasteiger partial charge < -0.3 is 5.32 Å². The first kappa shape index (κ1) is 17.3. The minimum absolute atomic E-state index is 0.00293. The number of halogens is 1. The number of benzene rings is 1. The maximum absolute atomic E-state index is 12.9. The smallest absolute Gasteiger partial charge is 0.266 e. The van der Waals surface area contributed by atoms with Gasteiger partial charge in [-0.15, -0.1) is 11.3 Å². The molecule has 0 saturated heterocycles. The SMILES string of the molecule is N#C/C(=C/c1cnc(C2CCCCC2)s1)C(=O)Nc1ccc(F)cc1. The second-order valence-electron chi connectivity index (χ2n) is 6.07. The third kappa shape index (κ3) is 4.52. The molecule has 1 N–H and O–H groups in total. The fourth-order valence-electron chi connectivity index (χ4n) is 2.93. The van der Waals surface area contributed by atoms with Gasteiger partial charge in [-0.1, -0.05) is 19.3 Å². The van der Waals surface area contributed by atoms with Gasteiger partial charge in [0.15, 0.2) is 0 Å². The Bertz CT molecular complexity index is 814. The molecule has 0 aliphatic heterocycles. The van der Waals surface area contributed by atoms with Crippen LogP contribution in [0.3, 0.4) is 0 Å². The number of amides is 1. The highest BCUT2D eigenvalue weighted by atomic mass is 32.1. The van der Waals surface area contributed by atoms with Crippen LogP contribution >= 0.6 is 11.3 Å². The van der Waals surface area contributed by atoms with Gasteiger partial charge in [0, 0.05) is 22.7 Å². The van der Waals surface area contributed by atoms with Crippen molar-refractivity contribution >= 4 is 29.0 Å². The van der Waals surface area contributed by atoms with Crippen molar-refractivity contribution in [1.82, 2.24) is 4.98 Å². The molecule has 0 bridgehead atoms. The molecule has 0 radical (unpaired) electrons. The van der Waals surface area contributed by atoms with Crippen LogP contribution in [0, 0.1) is 17.1 Å². The first-order chi connectivity index (χ1) is 12.2. The van der Waals surface area contributed by atoms with Crippen molar-refractivity contribution in [3.8, 4) is 6.07 Å². The summed E-state index contributed by atoms with van der Waals surface area (Å²) in [5.41, 5.74) is 0.447. The first-order valence-corrected chi connectivity index (χ1v) is 9.12. The van der Waals surface area contributed by atoms with Crippen molar-refractivity contribution in [2.24, 2.45) is 0 Å². The molecule has 0 unspecified atom stereocenters. The molecule has 2 aromatic rings. The van der Waals surface area contributed by atoms with Crippen molar-refractivity contribution in [3.63, 3.8) is 0 Å². The lowest BCUT2D eigenvalue weighted by atomic mass is 9.90. The fraction of sp³-hybridized carbons (Fsp3) is 0.316. The monoisotopic (exact) mass is 355 g/mol. The van der Waals surface area contributed by atoms with Crippen LogP contribution in [0.2, 0.25) is 0 Å². The van der Waals surface area contributed by atoms with E-state index in [1.165, 1.54) is 43.5 Å². The Morgan fingerprint density at radius 3 is 2.68 bits per heavy atom. The topological polar surface area (TPSA) is 65.8 Å². The average molecular weight is 355 g/mol. The molecule has 1 saturated carbocycles. The number of aromatic nitrogens is 1. The number of rotatable bonds is 4. The van der Waals surface area contributed by atoms with Crippen LogP contribution < -0.4 is 5.32 Å². The van der Waals surface area contributed by atoms with E-state index >= 15 is 0 Å². The van der Waals surface area contributed by atoms with Crippen LogP contribution in [-0.4, -0.2) is 10.9 Å². The lowest BCUT2D eigenvalue weighted by Gasteiger charge is -2.18. The Morgan fingerprint density at radius 1 is 1.28 bits per heavy atom. The molecule has 128 valence electrons. The Kier molecular flexibility index (Phi) is 5.56. The maximum Gasteiger partial charge on any atom is 0.266 e. The van der Waals surface area contributed by atoms with Crippen LogP contribution in [0.4, 0.5) is 10.1 Å². The lowest BCUT2D eigenvalue weighted by Crippen LogP contribution is -2.13. The van der Waals surface area contributed by atoms with Crippen LogP contribution in [0.5, 0.6) is 0 Å². The van der Waals surface area contributed by atoms with Gasteiger partial charge in [-0.05, 0) is 43.2 Å². The summed E-state index contributed by atoms with van der Waals surface area (Å²) in [7, 11) is 0. The van der Waals surface area contributed by atoms with E-state index in [2.05, 4.69) is 10.3 Å². The van der Waals surface area contributed by atoms with Gasteiger partial charge in [0.1, 0.15) is 17.5 Å². The van der Waals surface area contributed by atoms with E-state index < -0.39 is 5.91 Å². The highest BCUT2D eigenvalue weighted by Gasteiger charge is 2.19. The van der Waals surface area contributed by atoms with Gasteiger partial charge in [0.25, 0.3) is 5.91 Å². The molecule has 1 fully saturated rings. The number of hydrogen-bond donors (Lipinski definition) is 1. The molecule has 1 aliphatic rings. The van der Waals surface area contributed by atoms with E-state index in [0.717, 1.165) is 22.7 Å². The quantitative estimate of drug-likeness (QED) is 0.628. The van der Waals surface area contributed by atoms with Crippen LogP contribution in [0.1, 0.15) is 47.9 Å². The molecular formula is C19H18FN3OS. The number of hydrogen-bond acceptors (Lipinski definition) is 4. The van der Waals surface area contributed by atoms with Gasteiger partial charge in [0.2, 0.25) is 0 Å². The lowest BCUT2D eigenvalue weighted by molar-refractivity contribution is -0.112. The third-order valence-corrected chi connectivity index (χ3v) is 5.36. The van der Waals surface area contributed by atoms with Crippen molar-refractivity contribution in [2.45, 2.75) is 38.0 Å². The zero-order valence-electron chi connectivity index (χ0n) is 13.7. The van der Waals surface area contributed by atoms with Gasteiger partial charge >= 0.3 is 0 Å². The van der Waals surface area contributed by atoms with Crippen molar-refractivity contribution in [2.75, 3.05) is 5.32 Å². The molecular weight excluding hydrogens is 337 g/mol. The zero-order valence-corrected chi connectivity index (χ0v) is 14.5. The predicted molar refractivity (Wildman–Crippen MR) is 96.6 cm³/mol. The summed E-state index contributed by atoms with van der Waals surface area (Å²) in [6.45, 7) is 0. The van der Waals surface area contributed by atoms with E-state index in [0.29, 0.717) is 11.6 Å². The summed E-state index contributed by atoms with van der Waals surface area (Å²) in [5.74, 6) is -0.393. The molecule has 1 amide bonds. The first-order valence-electron chi connectivity index (χ1n) is 8.30. The molecule has 1 aromatic carbocycles. The van der Waals surface area contributed by atoms with Crippen molar-refractivity contribution in [1.29, 1.82) is 5.26 Å². The molecule has 4 nitrogen and oxygen atoms in total. The third-order valence-electron chi connectivity index (χ3n) is 4.25. The Labute approximate surface area is 150 Å². The average Bonchev–Trinajstić information content (AvgIpc) is 3.11. The molecule has 0 spiro atoms. The second-order valence-corrected chi connectivity index (χ2v) is 7.16. The number of nitrogens with one attached hydrogen (secondary N) is 1. The summed E-state index contributed by atoms with van der Waals surface area (Å²) in [6.07, 6.45) is 9.36. The normalized spacial score (nSPS) is 15.6. The predicted octanol–water partition coefficient (Wildman–Crippen LogP) is 4.88. The van der Waals surface area contributed by atoms with E-state index in [1.54, 1.807) is 23.6 Å². The van der Waals surface area contributed by atoms with Gasteiger partial charge in [-0.2, -0.15) is 5.26 Å². The Hall–Kier alpha value is -2.52. The zero-order chi connectivity index (χ0) is 17.6. The fourth-order valence-corrected chi connectivity index (χ4v) is 3.96. The molecule has 0 atom stereocenters. The van der Waals surface area contributed by atoms with Gasteiger partial charge in [0.05, 0.1) is 5.01 Å². The summed E-state index contributed by atoms with van der Waals surface area (Å²) in [4.78, 5) is 17.5. The van der Waals surface area contributed by atoms with Crippen LogP contribution in [0.15, 0.2) is 36.0 Å². The summed E-state index contributed by atoms with van der Waals surface area (Å²) in [6, 6.07) is 7.34. The highest BCUT2D eigenvalue weighted by molar-refractivity contribution is 7.12. The molecule has 6 heteroatoms. The number of carbonyl (C=O) groups excluding carboxylic acids is 1. The molecule has 1 aliphatic carbocycles. The Morgan fingerprint density at radius 2 is 2.00 bits per heavy atom. The summed E-state index contributed by atoms with van der Waals surface area (Å²) < 4.78 is 12.9. The highest BCUT2D eigenvalue weighted by Crippen LogP contribution is 2.35. The van der Waals surface area contributed by atoms with E-state index in [-0.39, 0.29) is 11.4 Å². The van der Waals surface area contributed by atoms with Crippen molar-refractivity contribution in [3.05, 3.63) is 51.7 Å². The van der Waals surface area contributed by atoms with E-state index in [1.807, 2.05) is 6.07 Å². The summed E-state index contributed by atoms with van der Waals surface area (Å²) in [5, 5.41) is 13.0. The minimum Gasteiger partial charge on any atom is -0.321 e. The standard InChI is InChI=1S/C19H18FN3OS/c20-15-6-8-16(9-7-15)23-18(24)14(11-21)10-17-12-22-19(25-17)13-4-2-1-3-5-13/h6-10,12-13H,1-5H2,(H,23,24)/b14-10-. The van der Waals surface area contributed by atoms with E-state index in [9.17, 15) is 14.4 Å². The summed E-state index contributed by atoms with van der Waals surface area (Å²) >= 11 is 1.54. The molecule has 1 heterocycles. The van der Waals surface area contributed by atoms with Gasteiger partial charge in [-0.25, -0.2) is 9.37 Å². The van der Waals surface area contributed by atoms with Crippen LogP contribution in [-0.2, 0) is 4.79 Å². The number of anilines is 1. The number of nitrogens with zero attached hydrogens (tertiary/aromatic N) is 2. The largest absolute Gasteiger partial charge is 0.321 e. The molecule has 1 aromatic heterocycles. The number of thiazole rings is 1.